The minimum Gasteiger partial charge on any atom is -0.375 e. The summed E-state index contributed by atoms with van der Waals surface area (Å²) in [6.45, 7) is 1.20. The Hall–Kier alpha value is -1.91. The molecule has 0 spiro atoms. The molecule has 24 heavy (non-hydrogen) atoms. The van der Waals surface area contributed by atoms with Gasteiger partial charge in [-0.15, -0.1) is 0 Å². The number of rotatable bonds is 3. The molecule has 2 aromatic carbocycles. The third-order valence-corrected chi connectivity index (χ3v) is 5.31. The first-order valence-electron chi connectivity index (χ1n) is 8.08. The summed E-state index contributed by atoms with van der Waals surface area (Å²) < 4.78 is 9.05. The lowest BCUT2D eigenvalue weighted by Gasteiger charge is -2.24. The van der Waals surface area contributed by atoms with Crippen LogP contribution >= 0.6 is 15.9 Å². The van der Waals surface area contributed by atoms with Crippen molar-refractivity contribution in [3.63, 3.8) is 0 Å². The van der Waals surface area contributed by atoms with Crippen LogP contribution in [0.1, 0.15) is 34.0 Å². The van der Waals surface area contributed by atoms with Gasteiger partial charge >= 0.3 is 0 Å². The number of Topliss-reactive ketones (excluding diaryl/α,β-unsaturated/α-hetero) is 1. The van der Waals surface area contributed by atoms with Gasteiger partial charge in [-0.3, -0.25) is 4.79 Å². The van der Waals surface area contributed by atoms with E-state index in [1.165, 1.54) is 22.2 Å². The van der Waals surface area contributed by atoms with Gasteiger partial charge in [-0.2, -0.15) is 0 Å². The third-order valence-electron chi connectivity index (χ3n) is 4.82. The van der Waals surface area contributed by atoms with Crippen molar-refractivity contribution in [2.24, 2.45) is 7.05 Å². The fourth-order valence-electron chi connectivity index (χ4n) is 3.64. The third kappa shape index (κ3) is 2.60. The van der Waals surface area contributed by atoms with Crippen molar-refractivity contribution in [1.82, 2.24) is 4.57 Å². The predicted molar refractivity (Wildman–Crippen MR) is 98.4 cm³/mol. The van der Waals surface area contributed by atoms with Crippen molar-refractivity contribution in [1.29, 1.82) is 0 Å². The lowest BCUT2D eigenvalue weighted by Crippen LogP contribution is -2.20. The number of halogens is 1. The maximum Gasteiger partial charge on any atom is 0.163 e. The molecule has 0 bridgehead atoms. The lowest BCUT2D eigenvalue weighted by molar-refractivity contribution is 0.0764. The number of ether oxygens (including phenoxy) is 1. The van der Waals surface area contributed by atoms with Crippen molar-refractivity contribution >= 4 is 32.6 Å². The minimum absolute atomic E-state index is 0.0967. The molecular weight excluding hydrogens is 366 g/mol. The van der Waals surface area contributed by atoms with Crippen LogP contribution in [0.2, 0.25) is 0 Å². The van der Waals surface area contributed by atoms with Gasteiger partial charge in [0.2, 0.25) is 0 Å². The number of benzene rings is 2. The number of hydrogen-bond donors (Lipinski definition) is 0. The van der Waals surface area contributed by atoms with Crippen molar-refractivity contribution in [2.75, 3.05) is 6.61 Å². The molecule has 0 radical (unpaired) electrons. The summed E-state index contributed by atoms with van der Waals surface area (Å²) in [5, 5.41) is 1.22. The van der Waals surface area contributed by atoms with Gasteiger partial charge in [-0.05, 0) is 23.8 Å². The zero-order chi connectivity index (χ0) is 16.7. The average Bonchev–Trinajstić information content (AvgIpc) is 2.89. The highest BCUT2D eigenvalue weighted by Crippen LogP contribution is 2.38. The predicted octanol–water partition coefficient (Wildman–Crippen LogP) is 4.83. The van der Waals surface area contributed by atoms with E-state index >= 15 is 0 Å². The van der Waals surface area contributed by atoms with E-state index in [-0.39, 0.29) is 11.7 Å². The summed E-state index contributed by atoms with van der Waals surface area (Å²) >= 11 is 3.57. The molecule has 4 rings (SSSR count). The van der Waals surface area contributed by atoms with Crippen LogP contribution in [-0.2, 0) is 18.4 Å². The van der Waals surface area contributed by atoms with Gasteiger partial charge in [0.05, 0.1) is 13.2 Å². The van der Waals surface area contributed by atoms with E-state index in [1.54, 1.807) is 0 Å². The monoisotopic (exact) mass is 383 g/mol. The molecule has 2 heterocycles. The normalized spacial score (nSPS) is 17.0. The van der Waals surface area contributed by atoms with Crippen LogP contribution in [0.25, 0.3) is 10.9 Å². The SMILES string of the molecule is Cn1c2c(c3cc(Br)ccc31)[C@@H](CC(=O)c1ccccc1)COC2. The van der Waals surface area contributed by atoms with E-state index in [4.69, 9.17) is 4.74 Å². The summed E-state index contributed by atoms with van der Waals surface area (Å²) in [6.07, 6.45) is 0.475. The Bertz CT molecular complexity index is 914. The second-order valence-electron chi connectivity index (χ2n) is 6.29. The van der Waals surface area contributed by atoms with Gasteiger partial charge < -0.3 is 9.30 Å². The molecule has 1 aromatic heterocycles. The molecule has 0 saturated carbocycles. The van der Waals surface area contributed by atoms with E-state index in [0.29, 0.717) is 19.6 Å². The van der Waals surface area contributed by atoms with Crippen molar-refractivity contribution < 1.29 is 9.53 Å². The number of aromatic nitrogens is 1. The molecule has 0 saturated heterocycles. The van der Waals surface area contributed by atoms with Crippen molar-refractivity contribution in [3.05, 3.63) is 69.8 Å². The van der Waals surface area contributed by atoms with Crippen LogP contribution in [0.5, 0.6) is 0 Å². The summed E-state index contributed by atoms with van der Waals surface area (Å²) in [7, 11) is 2.07. The minimum atomic E-state index is 0.0967. The van der Waals surface area contributed by atoms with Crippen molar-refractivity contribution in [2.45, 2.75) is 18.9 Å². The topological polar surface area (TPSA) is 31.2 Å². The number of nitrogens with zero attached hydrogens (tertiary/aromatic N) is 1. The Labute approximate surface area is 149 Å². The molecule has 0 fully saturated rings. The van der Waals surface area contributed by atoms with Gasteiger partial charge in [-0.1, -0.05) is 46.3 Å². The Morgan fingerprint density at radius 2 is 2.04 bits per heavy atom. The largest absolute Gasteiger partial charge is 0.375 e. The van der Waals surface area contributed by atoms with E-state index < -0.39 is 0 Å². The molecule has 3 nitrogen and oxygen atoms in total. The second-order valence-corrected chi connectivity index (χ2v) is 7.20. The molecule has 4 heteroatoms. The fraction of sp³-hybridized carbons (Fsp3) is 0.250. The van der Waals surface area contributed by atoms with Gasteiger partial charge in [0.25, 0.3) is 0 Å². The number of fused-ring (bicyclic) bond motifs is 3. The number of carbonyl (C=O) groups excluding carboxylic acids is 1. The average molecular weight is 384 g/mol. The van der Waals surface area contributed by atoms with Gasteiger partial charge in [0.1, 0.15) is 0 Å². The summed E-state index contributed by atoms with van der Waals surface area (Å²) in [6, 6.07) is 15.8. The Morgan fingerprint density at radius 1 is 1.25 bits per heavy atom. The smallest absolute Gasteiger partial charge is 0.163 e. The lowest BCUT2D eigenvalue weighted by atomic mass is 9.89. The van der Waals surface area contributed by atoms with E-state index in [2.05, 4.69) is 45.7 Å². The zero-order valence-corrected chi connectivity index (χ0v) is 15.0. The number of ketones is 1. The van der Waals surface area contributed by atoms with E-state index in [9.17, 15) is 4.79 Å². The second kappa shape index (κ2) is 6.19. The van der Waals surface area contributed by atoms with Crippen LogP contribution in [-0.4, -0.2) is 17.0 Å². The molecule has 122 valence electrons. The first-order valence-corrected chi connectivity index (χ1v) is 8.87. The number of aryl methyl sites for hydroxylation is 1. The van der Waals surface area contributed by atoms with Crippen LogP contribution in [0.3, 0.4) is 0 Å². The highest BCUT2D eigenvalue weighted by molar-refractivity contribution is 9.10. The van der Waals surface area contributed by atoms with Crippen LogP contribution in [0, 0.1) is 0 Å². The van der Waals surface area contributed by atoms with Crippen molar-refractivity contribution in [3.8, 4) is 0 Å². The zero-order valence-electron chi connectivity index (χ0n) is 13.5. The Balaban J connectivity index is 1.76. The van der Waals surface area contributed by atoms with Crippen LogP contribution in [0.15, 0.2) is 53.0 Å². The molecule has 0 aliphatic carbocycles. The first kappa shape index (κ1) is 15.6. The molecular formula is C20H18BrNO2. The molecule has 1 aliphatic heterocycles. The van der Waals surface area contributed by atoms with E-state index in [1.807, 2.05) is 30.3 Å². The highest BCUT2D eigenvalue weighted by atomic mass is 79.9. The standard InChI is InChI=1S/C20H18BrNO2/c1-22-17-8-7-15(21)10-16(17)20-14(11-24-12-18(20)22)9-19(23)13-5-3-2-4-6-13/h2-8,10,14H,9,11-12H2,1H3/t14-/m0/s1. The van der Waals surface area contributed by atoms with Crippen LogP contribution < -0.4 is 0 Å². The summed E-state index contributed by atoms with van der Waals surface area (Å²) in [5.41, 5.74) is 4.40. The quantitative estimate of drug-likeness (QED) is 0.606. The maximum atomic E-state index is 12.7. The number of carbonyl (C=O) groups is 1. The highest BCUT2D eigenvalue weighted by Gasteiger charge is 2.29. The fourth-order valence-corrected chi connectivity index (χ4v) is 4.00. The molecule has 0 unspecified atom stereocenters. The molecule has 1 atom stereocenters. The number of hydrogen-bond acceptors (Lipinski definition) is 2. The first-order chi connectivity index (χ1) is 11.6. The van der Waals surface area contributed by atoms with Gasteiger partial charge in [0.15, 0.2) is 5.78 Å². The Morgan fingerprint density at radius 3 is 2.83 bits per heavy atom. The molecule has 3 aromatic rings. The van der Waals surface area contributed by atoms with Crippen LogP contribution in [0.4, 0.5) is 0 Å². The van der Waals surface area contributed by atoms with Gasteiger partial charge in [0, 0.05) is 46.0 Å². The maximum absolute atomic E-state index is 12.7. The summed E-state index contributed by atoms with van der Waals surface area (Å²) in [5.74, 6) is 0.267. The molecule has 0 N–H and O–H groups in total. The van der Waals surface area contributed by atoms with E-state index in [0.717, 1.165) is 10.0 Å². The van der Waals surface area contributed by atoms with Gasteiger partial charge in [-0.25, -0.2) is 0 Å². The molecule has 0 amide bonds. The summed E-state index contributed by atoms with van der Waals surface area (Å²) in [4.78, 5) is 12.7. The molecule has 1 aliphatic rings. The Kier molecular flexibility index (Phi) is 4.02.